The van der Waals surface area contributed by atoms with E-state index >= 15 is 0 Å². The molecule has 8 nitrogen and oxygen atoms in total. The van der Waals surface area contributed by atoms with Crippen LogP contribution in [-0.2, 0) is 6.42 Å². The molecule has 1 aliphatic rings. The first-order valence-electron chi connectivity index (χ1n) is 9.33. The van der Waals surface area contributed by atoms with Gasteiger partial charge in [-0.15, -0.1) is 0 Å². The number of amides is 1. The standard InChI is InChI=1S/C19H23N5O3/c1-4-13-7-18(25)24-17(20-13)9-14(21-24)12-5-6-23(10-12)19(26)15-8-16(11(2)3)27-22-15/h7-9,11-12,21H,4-6,10H2,1-3H3. The molecule has 0 radical (unpaired) electrons. The summed E-state index contributed by atoms with van der Waals surface area (Å²) in [6.07, 6.45) is 1.54. The maximum Gasteiger partial charge on any atom is 0.276 e. The van der Waals surface area contributed by atoms with Crippen LogP contribution in [0.2, 0.25) is 0 Å². The second-order valence-corrected chi connectivity index (χ2v) is 7.35. The summed E-state index contributed by atoms with van der Waals surface area (Å²) in [4.78, 5) is 31.2. The predicted octanol–water partition coefficient (Wildman–Crippen LogP) is 2.33. The number of H-pyrrole nitrogens is 1. The minimum Gasteiger partial charge on any atom is -0.360 e. The minimum absolute atomic E-state index is 0.113. The average molecular weight is 369 g/mol. The molecule has 1 atom stereocenters. The third-order valence-electron chi connectivity index (χ3n) is 5.12. The second kappa shape index (κ2) is 6.68. The Morgan fingerprint density at radius 3 is 2.89 bits per heavy atom. The lowest BCUT2D eigenvalue weighted by Crippen LogP contribution is -2.28. The average Bonchev–Trinajstić information content (AvgIpc) is 3.38. The molecule has 142 valence electrons. The lowest BCUT2D eigenvalue weighted by Gasteiger charge is -2.14. The summed E-state index contributed by atoms with van der Waals surface area (Å²) < 4.78 is 6.71. The molecule has 0 aromatic carbocycles. The number of carbonyl (C=O) groups is 1. The third-order valence-corrected chi connectivity index (χ3v) is 5.12. The molecule has 0 aliphatic carbocycles. The van der Waals surface area contributed by atoms with Gasteiger partial charge in [-0.1, -0.05) is 25.9 Å². The summed E-state index contributed by atoms with van der Waals surface area (Å²) >= 11 is 0. The van der Waals surface area contributed by atoms with Crippen LogP contribution < -0.4 is 5.56 Å². The van der Waals surface area contributed by atoms with Gasteiger partial charge in [0.1, 0.15) is 5.76 Å². The fourth-order valence-corrected chi connectivity index (χ4v) is 3.47. The lowest BCUT2D eigenvalue weighted by molar-refractivity contribution is 0.0780. The molecule has 8 heteroatoms. The maximum atomic E-state index is 12.7. The fourth-order valence-electron chi connectivity index (χ4n) is 3.47. The molecule has 1 fully saturated rings. The van der Waals surface area contributed by atoms with Gasteiger partial charge in [-0.3, -0.25) is 14.7 Å². The molecule has 3 aromatic rings. The third kappa shape index (κ3) is 3.15. The van der Waals surface area contributed by atoms with Gasteiger partial charge in [-0.25, -0.2) is 9.50 Å². The number of hydrogen-bond acceptors (Lipinski definition) is 5. The Morgan fingerprint density at radius 1 is 1.37 bits per heavy atom. The van der Waals surface area contributed by atoms with E-state index in [0.29, 0.717) is 36.6 Å². The van der Waals surface area contributed by atoms with Gasteiger partial charge in [0.05, 0.1) is 0 Å². The van der Waals surface area contributed by atoms with Crippen molar-refractivity contribution in [3.8, 4) is 0 Å². The van der Waals surface area contributed by atoms with E-state index in [1.807, 2.05) is 26.8 Å². The highest BCUT2D eigenvalue weighted by atomic mass is 16.5. The molecule has 3 aromatic heterocycles. The monoisotopic (exact) mass is 369 g/mol. The van der Waals surface area contributed by atoms with Crippen LogP contribution in [0.15, 0.2) is 27.5 Å². The molecule has 1 N–H and O–H groups in total. The molecule has 0 spiro atoms. The van der Waals surface area contributed by atoms with Gasteiger partial charge in [0.15, 0.2) is 11.3 Å². The van der Waals surface area contributed by atoms with E-state index in [1.165, 1.54) is 4.52 Å². The summed E-state index contributed by atoms with van der Waals surface area (Å²) in [5, 5.41) is 7.06. The topological polar surface area (TPSA) is 96.5 Å². The number of aryl methyl sites for hydroxylation is 1. The van der Waals surface area contributed by atoms with Crippen molar-refractivity contribution >= 4 is 11.6 Å². The van der Waals surface area contributed by atoms with Crippen molar-refractivity contribution in [2.45, 2.75) is 45.4 Å². The van der Waals surface area contributed by atoms with E-state index < -0.39 is 0 Å². The van der Waals surface area contributed by atoms with Crippen LogP contribution in [0.3, 0.4) is 0 Å². The molecular weight excluding hydrogens is 346 g/mol. The van der Waals surface area contributed by atoms with Crippen molar-refractivity contribution < 1.29 is 9.32 Å². The Hall–Kier alpha value is -2.90. The summed E-state index contributed by atoms with van der Waals surface area (Å²) in [6, 6.07) is 5.18. The first kappa shape index (κ1) is 17.5. The van der Waals surface area contributed by atoms with Crippen molar-refractivity contribution in [2.24, 2.45) is 0 Å². The second-order valence-electron chi connectivity index (χ2n) is 7.35. The Bertz CT molecular complexity index is 1050. The minimum atomic E-state index is -0.118. The van der Waals surface area contributed by atoms with E-state index in [4.69, 9.17) is 4.52 Å². The van der Waals surface area contributed by atoms with Crippen molar-refractivity contribution in [1.82, 2.24) is 24.7 Å². The van der Waals surface area contributed by atoms with E-state index in [1.54, 1.807) is 17.0 Å². The van der Waals surface area contributed by atoms with E-state index in [2.05, 4.69) is 15.2 Å². The van der Waals surface area contributed by atoms with Crippen LogP contribution in [-0.4, -0.2) is 43.7 Å². The Morgan fingerprint density at radius 2 is 2.19 bits per heavy atom. The highest BCUT2D eigenvalue weighted by Gasteiger charge is 2.31. The number of fused-ring (bicyclic) bond motifs is 1. The van der Waals surface area contributed by atoms with E-state index in [-0.39, 0.29) is 23.3 Å². The summed E-state index contributed by atoms with van der Waals surface area (Å²) in [7, 11) is 0. The number of carbonyl (C=O) groups excluding carboxylic acids is 1. The lowest BCUT2D eigenvalue weighted by atomic mass is 10.1. The van der Waals surface area contributed by atoms with Crippen molar-refractivity contribution in [3.05, 3.63) is 51.4 Å². The zero-order valence-electron chi connectivity index (χ0n) is 15.7. The smallest absolute Gasteiger partial charge is 0.276 e. The summed E-state index contributed by atoms with van der Waals surface area (Å²) in [5.41, 5.74) is 2.56. The normalized spacial score (nSPS) is 17.3. The van der Waals surface area contributed by atoms with Crippen LogP contribution >= 0.6 is 0 Å². The number of aromatic amines is 1. The molecule has 1 unspecified atom stereocenters. The van der Waals surface area contributed by atoms with E-state index in [0.717, 1.165) is 17.8 Å². The largest absolute Gasteiger partial charge is 0.360 e. The zero-order chi connectivity index (χ0) is 19.1. The highest BCUT2D eigenvalue weighted by Crippen LogP contribution is 2.28. The SMILES string of the molecule is CCc1cc(=O)n2[nH]c(C3CCN(C(=O)c4cc(C(C)C)on4)C3)cc2n1. The van der Waals surface area contributed by atoms with Gasteiger partial charge < -0.3 is 9.42 Å². The first-order chi connectivity index (χ1) is 13.0. The molecule has 0 saturated carbocycles. The number of hydrogen-bond donors (Lipinski definition) is 1. The molecular formula is C19H23N5O3. The fraction of sp³-hybridized carbons (Fsp3) is 0.474. The van der Waals surface area contributed by atoms with Crippen LogP contribution in [0.5, 0.6) is 0 Å². The Labute approximate surface area is 156 Å². The van der Waals surface area contributed by atoms with Crippen molar-refractivity contribution in [1.29, 1.82) is 0 Å². The number of aromatic nitrogens is 4. The Kier molecular flexibility index (Phi) is 4.33. The molecule has 27 heavy (non-hydrogen) atoms. The molecule has 4 heterocycles. The van der Waals surface area contributed by atoms with Gasteiger partial charge in [0.25, 0.3) is 11.5 Å². The van der Waals surface area contributed by atoms with Gasteiger partial charge in [-0.05, 0) is 12.8 Å². The van der Waals surface area contributed by atoms with Gasteiger partial charge in [0, 0.05) is 54.5 Å². The summed E-state index contributed by atoms with van der Waals surface area (Å²) in [6.45, 7) is 7.18. The first-order valence-corrected chi connectivity index (χ1v) is 9.33. The Balaban J connectivity index is 1.53. The quantitative estimate of drug-likeness (QED) is 0.761. The van der Waals surface area contributed by atoms with Gasteiger partial charge >= 0.3 is 0 Å². The van der Waals surface area contributed by atoms with Crippen LogP contribution in [0.25, 0.3) is 5.65 Å². The molecule has 1 saturated heterocycles. The molecule has 1 aliphatic heterocycles. The number of likely N-dealkylation sites (tertiary alicyclic amines) is 1. The molecule has 4 rings (SSSR count). The zero-order valence-corrected chi connectivity index (χ0v) is 15.7. The van der Waals surface area contributed by atoms with Crippen molar-refractivity contribution in [3.63, 3.8) is 0 Å². The van der Waals surface area contributed by atoms with Crippen LogP contribution in [0, 0.1) is 0 Å². The molecule has 1 amide bonds. The van der Waals surface area contributed by atoms with E-state index in [9.17, 15) is 9.59 Å². The molecule has 0 bridgehead atoms. The predicted molar refractivity (Wildman–Crippen MR) is 99.0 cm³/mol. The highest BCUT2D eigenvalue weighted by molar-refractivity contribution is 5.92. The van der Waals surface area contributed by atoms with Crippen LogP contribution in [0.1, 0.15) is 66.7 Å². The number of nitrogens with one attached hydrogen (secondary N) is 1. The summed E-state index contributed by atoms with van der Waals surface area (Å²) in [5.74, 6) is 0.918. The number of nitrogens with zero attached hydrogens (tertiary/aromatic N) is 4. The van der Waals surface area contributed by atoms with Gasteiger partial charge in [-0.2, -0.15) is 0 Å². The number of rotatable bonds is 4. The van der Waals surface area contributed by atoms with Gasteiger partial charge in [0.2, 0.25) is 0 Å². The van der Waals surface area contributed by atoms with Crippen LogP contribution in [0.4, 0.5) is 0 Å². The van der Waals surface area contributed by atoms with Crippen molar-refractivity contribution in [2.75, 3.05) is 13.1 Å². The maximum absolute atomic E-state index is 12.7.